The predicted octanol–water partition coefficient (Wildman–Crippen LogP) is 3.22. The molecule has 0 saturated heterocycles. The topological polar surface area (TPSA) is 57.6 Å². The summed E-state index contributed by atoms with van der Waals surface area (Å²) in [5.41, 5.74) is 2.03. The van der Waals surface area contributed by atoms with Gasteiger partial charge in [-0.1, -0.05) is 41.9 Å². The van der Waals surface area contributed by atoms with Crippen LogP contribution in [0.3, 0.4) is 0 Å². The molecule has 1 N–H and O–H groups in total. The molecule has 0 spiro atoms. The average molecular weight is 354 g/mol. The van der Waals surface area contributed by atoms with Crippen molar-refractivity contribution < 1.29 is 14.7 Å². The van der Waals surface area contributed by atoms with Gasteiger partial charge in [0.25, 0.3) is 0 Å². The number of carboxylic acids is 1. The fourth-order valence-electron chi connectivity index (χ4n) is 2.90. The molecule has 1 aromatic rings. The maximum Gasteiger partial charge on any atom is 0.326 e. The van der Waals surface area contributed by atoms with E-state index in [9.17, 15) is 14.7 Å². The highest BCUT2D eigenvalue weighted by Crippen LogP contribution is 2.31. The molecule has 1 unspecified atom stereocenters. The second-order valence-electron chi connectivity index (χ2n) is 5.42. The van der Waals surface area contributed by atoms with E-state index in [1.54, 1.807) is 0 Å². The Morgan fingerprint density at radius 3 is 2.62 bits per heavy atom. The molecule has 0 aromatic heterocycles. The molecule has 2 rings (SSSR count). The molecule has 1 atom stereocenters. The van der Waals surface area contributed by atoms with Gasteiger partial charge in [0.2, 0.25) is 5.91 Å². The highest BCUT2D eigenvalue weighted by Gasteiger charge is 2.37. The summed E-state index contributed by atoms with van der Waals surface area (Å²) in [6.07, 6.45) is 1.84. The second-order valence-corrected chi connectivity index (χ2v) is 6.27. The molecule has 114 valence electrons. The number of aliphatic carboxylic acids is 1. The Bertz CT molecular complexity index is 554. The van der Waals surface area contributed by atoms with Crippen molar-refractivity contribution in [1.29, 1.82) is 0 Å². The standard InChI is InChI=1S/C16H20BrNO3/c1-3-10(4-2)15(19)18-9-11-6-5-7-13(17)12(11)8-14(18)16(20)21/h5-7,10,14H,3-4,8-9H2,1-2H3,(H,20,21). The molecular formula is C16H20BrNO3. The molecule has 0 fully saturated rings. The normalized spacial score (nSPS) is 17.7. The summed E-state index contributed by atoms with van der Waals surface area (Å²) in [6, 6.07) is 5.02. The minimum atomic E-state index is -0.935. The van der Waals surface area contributed by atoms with E-state index in [2.05, 4.69) is 15.9 Å². The summed E-state index contributed by atoms with van der Waals surface area (Å²) in [7, 11) is 0. The van der Waals surface area contributed by atoms with Crippen LogP contribution < -0.4 is 0 Å². The lowest BCUT2D eigenvalue weighted by atomic mass is 9.91. The molecule has 1 amide bonds. The summed E-state index contributed by atoms with van der Waals surface area (Å²) in [6.45, 7) is 4.31. The van der Waals surface area contributed by atoms with Gasteiger partial charge >= 0.3 is 5.97 Å². The molecule has 0 radical (unpaired) electrons. The van der Waals surface area contributed by atoms with Gasteiger partial charge < -0.3 is 10.0 Å². The van der Waals surface area contributed by atoms with E-state index in [1.165, 1.54) is 4.90 Å². The number of rotatable bonds is 4. The number of hydrogen-bond donors (Lipinski definition) is 1. The largest absolute Gasteiger partial charge is 0.480 e. The fourth-order valence-corrected chi connectivity index (χ4v) is 3.47. The van der Waals surface area contributed by atoms with Crippen LogP contribution in [0.5, 0.6) is 0 Å². The van der Waals surface area contributed by atoms with Gasteiger partial charge in [-0.15, -0.1) is 0 Å². The lowest BCUT2D eigenvalue weighted by Gasteiger charge is -2.36. The SMILES string of the molecule is CCC(CC)C(=O)N1Cc2cccc(Br)c2CC1C(=O)O. The highest BCUT2D eigenvalue weighted by atomic mass is 79.9. The van der Waals surface area contributed by atoms with Crippen molar-refractivity contribution in [3.8, 4) is 0 Å². The third kappa shape index (κ3) is 3.12. The van der Waals surface area contributed by atoms with E-state index in [0.29, 0.717) is 13.0 Å². The fraction of sp³-hybridized carbons (Fsp3) is 0.500. The Labute approximate surface area is 133 Å². The van der Waals surface area contributed by atoms with Crippen LogP contribution in [0.15, 0.2) is 22.7 Å². The molecule has 4 nitrogen and oxygen atoms in total. The summed E-state index contributed by atoms with van der Waals surface area (Å²) < 4.78 is 0.917. The van der Waals surface area contributed by atoms with Crippen LogP contribution in [0.1, 0.15) is 37.8 Å². The van der Waals surface area contributed by atoms with Crippen molar-refractivity contribution in [3.05, 3.63) is 33.8 Å². The number of carbonyl (C=O) groups excluding carboxylic acids is 1. The third-order valence-corrected chi connectivity index (χ3v) is 4.98. The van der Waals surface area contributed by atoms with Gasteiger partial charge in [-0.3, -0.25) is 4.79 Å². The number of amides is 1. The van der Waals surface area contributed by atoms with Gasteiger partial charge in [-0.25, -0.2) is 4.79 Å². The van der Waals surface area contributed by atoms with Crippen molar-refractivity contribution in [2.45, 2.75) is 45.7 Å². The molecule has 0 saturated carbocycles. The highest BCUT2D eigenvalue weighted by molar-refractivity contribution is 9.10. The van der Waals surface area contributed by atoms with E-state index in [-0.39, 0.29) is 11.8 Å². The van der Waals surface area contributed by atoms with Crippen LogP contribution in [0, 0.1) is 5.92 Å². The van der Waals surface area contributed by atoms with E-state index < -0.39 is 12.0 Å². The first-order valence-corrected chi connectivity index (χ1v) is 8.08. The lowest BCUT2D eigenvalue weighted by Crippen LogP contribution is -2.50. The van der Waals surface area contributed by atoms with Crippen LogP contribution in [0.4, 0.5) is 0 Å². The second kappa shape index (κ2) is 6.60. The predicted molar refractivity (Wildman–Crippen MR) is 83.9 cm³/mol. The number of halogens is 1. The van der Waals surface area contributed by atoms with E-state index in [0.717, 1.165) is 28.4 Å². The van der Waals surface area contributed by atoms with Crippen LogP contribution in [-0.4, -0.2) is 27.9 Å². The zero-order valence-corrected chi connectivity index (χ0v) is 13.9. The molecule has 1 aromatic carbocycles. The Morgan fingerprint density at radius 1 is 1.38 bits per heavy atom. The number of hydrogen-bond acceptors (Lipinski definition) is 2. The summed E-state index contributed by atoms with van der Waals surface area (Å²) in [4.78, 5) is 25.7. The third-order valence-electron chi connectivity index (χ3n) is 4.23. The average Bonchev–Trinajstić information content (AvgIpc) is 2.47. The monoisotopic (exact) mass is 353 g/mol. The minimum Gasteiger partial charge on any atom is -0.480 e. The molecule has 0 aliphatic carbocycles. The van der Waals surface area contributed by atoms with Crippen LogP contribution in [-0.2, 0) is 22.6 Å². The minimum absolute atomic E-state index is 0.0435. The molecular weight excluding hydrogens is 334 g/mol. The molecule has 5 heteroatoms. The quantitative estimate of drug-likeness (QED) is 0.903. The van der Waals surface area contributed by atoms with E-state index in [1.807, 2.05) is 32.0 Å². The van der Waals surface area contributed by atoms with Crippen LogP contribution >= 0.6 is 15.9 Å². The Kier molecular flexibility index (Phi) is 5.04. The van der Waals surface area contributed by atoms with E-state index in [4.69, 9.17) is 0 Å². The number of carboxylic acid groups (broad SMARTS) is 1. The zero-order chi connectivity index (χ0) is 15.6. The number of nitrogens with zero attached hydrogens (tertiary/aromatic N) is 1. The van der Waals surface area contributed by atoms with Crippen molar-refractivity contribution in [2.24, 2.45) is 5.92 Å². The van der Waals surface area contributed by atoms with Crippen molar-refractivity contribution in [1.82, 2.24) is 4.90 Å². The molecule has 21 heavy (non-hydrogen) atoms. The smallest absolute Gasteiger partial charge is 0.326 e. The van der Waals surface area contributed by atoms with Crippen LogP contribution in [0.2, 0.25) is 0 Å². The molecule has 0 bridgehead atoms. The first-order valence-electron chi connectivity index (χ1n) is 7.29. The first-order chi connectivity index (χ1) is 9.99. The van der Waals surface area contributed by atoms with Gasteiger partial charge in [0, 0.05) is 23.4 Å². The number of fused-ring (bicyclic) bond motifs is 1. The van der Waals surface area contributed by atoms with Crippen molar-refractivity contribution in [2.75, 3.05) is 0 Å². The summed E-state index contributed by atoms with van der Waals surface area (Å²) >= 11 is 3.48. The Morgan fingerprint density at radius 2 is 2.05 bits per heavy atom. The van der Waals surface area contributed by atoms with E-state index >= 15 is 0 Å². The first kappa shape index (κ1) is 16.0. The molecule has 1 aliphatic heterocycles. The summed E-state index contributed by atoms with van der Waals surface area (Å²) in [5, 5.41) is 9.49. The van der Waals surface area contributed by atoms with Gasteiger partial charge in [-0.2, -0.15) is 0 Å². The van der Waals surface area contributed by atoms with Crippen molar-refractivity contribution >= 4 is 27.8 Å². The van der Waals surface area contributed by atoms with Crippen LogP contribution in [0.25, 0.3) is 0 Å². The number of carbonyl (C=O) groups is 2. The molecule has 1 aliphatic rings. The zero-order valence-electron chi connectivity index (χ0n) is 12.3. The summed E-state index contributed by atoms with van der Waals surface area (Å²) in [5.74, 6) is -1.07. The van der Waals surface area contributed by atoms with Gasteiger partial charge in [0.05, 0.1) is 0 Å². The Hall–Kier alpha value is -1.36. The van der Waals surface area contributed by atoms with Gasteiger partial charge in [0.1, 0.15) is 6.04 Å². The molecule has 1 heterocycles. The Balaban J connectivity index is 2.36. The van der Waals surface area contributed by atoms with Gasteiger partial charge in [-0.05, 0) is 30.0 Å². The number of benzene rings is 1. The van der Waals surface area contributed by atoms with Gasteiger partial charge in [0.15, 0.2) is 0 Å². The van der Waals surface area contributed by atoms with Crippen molar-refractivity contribution in [3.63, 3.8) is 0 Å². The lowest BCUT2D eigenvalue weighted by molar-refractivity contribution is -0.153. The maximum atomic E-state index is 12.6. The maximum absolute atomic E-state index is 12.6.